The fourth-order valence-corrected chi connectivity index (χ4v) is 2.97. The number of aliphatic hydroxyl groups is 1. The van der Waals surface area contributed by atoms with Gasteiger partial charge in [-0.1, -0.05) is 24.0 Å². The molecule has 0 saturated carbocycles. The number of nitrogens with one attached hydrogen (secondary N) is 2. The highest BCUT2D eigenvalue weighted by Gasteiger charge is 2.15. The molecule has 1 saturated heterocycles. The number of hydrogen-bond donors (Lipinski definition) is 3. The fourth-order valence-electron chi connectivity index (χ4n) is 2.97. The molecular weight excluding hydrogens is 312 g/mol. The van der Waals surface area contributed by atoms with Crippen molar-refractivity contribution < 1.29 is 5.11 Å². The predicted molar refractivity (Wildman–Crippen MR) is 99.0 cm³/mol. The Morgan fingerprint density at radius 2 is 1.92 bits per heavy atom. The summed E-state index contributed by atoms with van der Waals surface area (Å²) in [6, 6.07) is 8.36. The van der Waals surface area contributed by atoms with Gasteiger partial charge in [0.2, 0.25) is 0 Å². The number of benzene rings is 1. The highest BCUT2D eigenvalue weighted by atomic mass is 16.3. The van der Waals surface area contributed by atoms with Crippen molar-refractivity contribution in [3.05, 3.63) is 53.3 Å². The molecule has 0 atom stereocenters. The molecule has 1 fully saturated rings. The van der Waals surface area contributed by atoms with Crippen molar-refractivity contribution >= 4 is 0 Å². The standard InChI is InChI=1S/C20H26N4O/c25-20-8-12-24(13-9-20)11-1-10-21-14-18-5-2-17(3-6-18)4-7-19-15-22-23-16-19/h2-3,5-6,15-16,20-21,25H,1,8-14H2,(H,22,23). The van der Waals surface area contributed by atoms with Crippen LogP contribution in [0.15, 0.2) is 36.7 Å². The number of aliphatic hydroxyl groups excluding tert-OH is 1. The Balaban J connectivity index is 1.33. The van der Waals surface area contributed by atoms with E-state index in [2.05, 4.69) is 56.5 Å². The number of piperidine rings is 1. The second kappa shape index (κ2) is 9.38. The molecule has 0 spiro atoms. The molecule has 1 aliphatic heterocycles. The number of aromatic nitrogens is 2. The Morgan fingerprint density at radius 1 is 1.16 bits per heavy atom. The smallest absolute Gasteiger partial charge is 0.0644 e. The van der Waals surface area contributed by atoms with Crippen LogP contribution < -0.4 is 5.32 Å². The zero-order valence-corrected chi connectivity index (χ0v) is 14.5. The summed E-state index contributed by atoms with van der Waals surface area (Å²) in [4.78, 5) is 2.45. The number of nitrogens with zero attached hydrogens (tertiary/aromatic N) is 2. The summed E-state index contributed by atoms with van der Waals surface area (Å²) in [5.74, 6) is 6.21. The molecule has 5 nitrogen and oxygen atoms in total. The lowest BCUT2D eigenvalue weighted by Gasteiger charge is -2.29. The van der Waals surface area contributed by atoms with Crippen LogP contribution in [0.25, 0.3) is 0 Å². The maximum absolute atomic E-state index is 9.51. The van der Waals surface area contributed by atoms with Crippen molar-refractivity contribution in [1.82, 2.24) is 20.4 Å². The molecule has 0 radical (unpaired) electrons. The van der Waals surface area contributed by atoms with Gasteiger partial charge >= 0.3 is 0 Å². The second-order valence-corrected chi connectivity index (χ2v) is 6.54. The first-order valence-corrected chi connectivity index (χ1v) is 9.00. The van der Waals surface area contributed by atoms with Crippen molar-refractivity contribution in [3.8, 4) is 11.8 Å². The zero-order valence-electron chi connectivity index (χ0n) is 14.5. The van der Waals surface area contributed by atoms with E-state index in [-0.39, 0.29) is 6.10 Å². The summed E-state index contributed by atoms with van der Waals surface area (Å²) < 4.78 is 0. The summed E-state index contributed by atoms with van der Waals surface area (Å²) in [5.41, 5.74) is 3.18. The predicted octanol–water partition coefficient (Wildman–Crippen LogP) is 1.75. The van der Waals surface area contributed by atoms with Crippen LogP contribution in [0.1, 0.15) is 36.0 Å². The molecule has 25 heavy (non-hydrogen) atoms. The van der Waals surface area contributed by atoms with Gasteiger partial charge in [0.1, 0.15) is 0 Å². The number of hydrogen-bond acceptors (Lipinski definition) is 4. The maximum Gasteiger partial charge on any atom is 0.0644 e. The summed E-state index contributed by atoms with van der Waals surface area (Å²) >= 11 is 0. The quantitative estimate of drug-likeness (QED) is 0.555. The molecule has 5 heteroatoms. The molecule has 1 aromatic heterocycles. The largest absolute Gasteiger partial charge is 0.393 e. The Bertz CT molecular complexity index is 677. The lowest BCUT2D eigenvalue weighted by atomic mass is 10.1. The van der Waals surface area contributed by atoms with Crippen molar-refractivity contribution in [2.24, 2.45) is 0 Å². The Morgan fingerprint density at radius 3 is 2.64 bits per heavy atom. The van der Waals surface area contributed by atoms with Crippen LogP contribution in [-0.2, 0) is 6.54 Å². The minimum atomic E-state index is -0.0817. The van der Waals surface area contributed by atoms with Crippen LogP contribution in [0.5, 0.6) is 0 Å². The first-order chi connectivity index (χ1) is 12.3. The fraction of sp³-hybridized carbons (Fsp3) is 0.450. The van der Waals surface area contributed by atoms with E-state index >= 15 is 0 Å². The van der Waals surface area contributed by atoms with Crippen LogP contribution in [0.3, 0.4) is 0 Å². The minimum Gasteiger partial charge on any atom is -0.393 e. The molecular formula is C20H26N4O. The molecule has 0 unspecified atom stereocenters. The van der Waals surface area contributed by atoms with Gasteiger partial charge in [-0.05, 0) is 50.0 Å². The van der Waals surface area contributed by atoms with E-state index in [0.29, 0.717) is 0 Å². The van der Waals surface area contributed by atoms with Crippen LogP contribution in [0.4, 0.5) is 0 Å². The van der Waals surface area contributed by atoms with E-state index in [0.717, 1.165) is 63.1 Å². The van der Waals surface area contributed by atoms with E-state index in [1.54, 1.807) is 12.4 Å². The van der Waals surface area contributed by atoms with Gasteiger partial charge < -0.3 is 15.3 Å². The molecule has 1 aliphatic rings. The number of H-pyrrole nitrogens is 1. The summed E-state index contributed by atoms with van der Waals surface area (Å²) in [6.45, 7) is 5.07. The van der Waals surface area contributed by atoms with Crippen LogP contribution in [0, 0.1) is 11.8 Å². The maximum atomic E-state index is 9.51. The third-order valence-corrected chi connectivity index (χ3v) is 4.52. The van der Waals surface area contributed by atoms with Crippen LogP contribution in [-0.4, -0.2) is 52.5 Å². The first-order valence-electron chi connectivity index (χ1n) is 9.00. The summed E-state index contributed by atoms with van der Waals surface area (Å²) in [5, 5.41) is 19.6. The Hall–Kier alpha value is -2.13. The highest BCUT2D eigenvalue weighted by molar-refractivity contribution is 5.41. The minimum absolute atomic E-state index is 0.0817. The zero-order chi connectivity index (χ0) is 17.3. The average molecular weight is 338 g/mol. The Labute approximate surface area is 149 Å². The van der Waals surface area contributed by atoms with Gasteiger partial charge in [0.25, 0.3) is 0 Å². The van der Waals surface area contributed by atoms with Crippen LogP contribution in [0.2, 0.25) is 0 Å². The van der Waals surface area contributed by atoms with E-state index in [9.17, 15) is 5.11 Å². The Kier molecular flexibility index (Phi) is 6.63. The second-order valence-electron chi connectivity index (χ2n) is 6.54. The van der Waals surface area contributed by atoms with Crippen molar-refractivity contribution in [1.29, 1.82) is 0 Å². The third-order valence-electron chi connectivity index (χ3n) is 4.52. The number of rotatable bonds is 6. The van der Waals surface area contributed by atoms with E-state index in [1.807, 2.05) is 0 Å². The number of likely N-dealkylation sites (tertiary alicyclic amines) is 1. The first kappa shape index (κ1) is 17.7. The number of aromatic amines is 1. The van der Waals surface area contributed by atoms with Crippen molar-refractivity contribution in [3.63, 3.8) is 0 Å². The molecule has 0 amide bonds. The van der Waals surface area contributed by atoms with E-state index in [4.69, 9.17) is 0 Å². The van der Waals surface area contributed by atoms with Gasteiger partial charge in [-0.25, -0.2) is 0 Å². The topological polar surface area (TPSA) is 64.2 Å². The molecule has 3 rings (SSSR count). The van der Waals surface area contributed by atoms with Crippen molar-refractivity contribution in [2.45, 2.75) is 31.9 Å². The highest BCUT2D eigenvalue weighted by Crippen LogP contribution is 2.09. The van der Waals surface area contributed by atoms with Gasteiger partial charge in [-0.2, -0.15) is 5.10 Å². The third kappa shape index (κ3) is 6.02. The molecule has 1 aromatic carbocycles. The monoisotopic (exact) mass is 338 g/mol. The summed E-state index contributed by atoms with van der Waals surface area (Å²) in [6.07, 6.45) is 6.41. The van der Waals surface area contributed by atoms with Gasteiger partial charge in [-0.15, -0.1) is 0 Å². The normalized spacial score (nSPS) is 15.7. The van der Waals surface area contributed by atoms with Crippen LogP contribution >= 0.6 is 0 Å². The summed E-state index contributed by atoms with van der Waals surface area (Å²) in [7, 11) is 0. The van der Waals surface area contributed by atoms with E-state index in [1.165, 1.54) is 5.56 Å². The van der Waals surface area contributed by atoms with Gasteiger partial charge in [0.15, 0.2) is 0 Å². The SMILES string of the molecule is OC1CCN(CCCNCc2ccc(C#Cc3cn[nH]c3)cc2)CC1. The molecule has 2 heterocycles. The lowest BCUT2D eigenvalue weighted by molar-refractivity contribution is 0.0821. The van der Waals surface area contributed by atoms with Gasteiger partial charge in [-0.3, -0.25) is 5.10 Å². The molecule has 3 N–H and O–H groups in total. The molecule has 0 aliphatic carbocycles. The van der Waals surface area contributed by atoms with Gasteiger partial charge in [0, 0.05) is 31.4 Å². The molecule has 2 aromatic rings. The van der Waals surface area contributed by atoms with Gasteiger partial charge in [0.05, 0.1) is 17.9 Å². The van der Waals surface area contributed by atoms with E-state index < -0.39 is 0 Å². The molecule has 0 bridgehead atoms. The van der Waals surface area contributed by atoms with Crippen molar-refractivity contribution in [2.75, 3.05) is 26.2 Å². The molecule has 132 valence electrons. The lowest BCUT2D eigenvalue weighted by Crippen LogP contribution is -2.37. The average Bonchev–Trinajstić information content (AvgIpc) is 3.16.